The molecule has 0 amide bonds. The van der Waals surface area contributed by atoms with E-state index in [0.717, 1.165) is 12.8 Å². The Bertz CT molecular complexity index is 601. The molecule has 0 aliphatic heterocycles. The summed E-state index contributed by atoms with van der Waals surface area (Å²) >= 11 is 0. The molecule has 1 aromatic heterocycles. The van der Waals surface area contributed by atoms with Crippen molar-refractivity contribution in [1.29, 1.82) is 0 Å². The number of halogens is 1. The maximum absolute atomic E-state index is 13.5. The third kappa shape index (κ3) is 2.63. The van der Waals surface area contributed by atoms with Gasteiger partial charge in [0.15, 0.2) is 11.6 Å². The van der Waals surface area contributed by atoms with E-state index >= 15 is 0 Å². The Balaban J connectivity index is 1.91. The molecule has 1 heterocycles. The molecule has 3 N–H and O–H groups in total. The molecule has 19 heavy (non-hydrogen) atoms. The minimum absolute atomic E-state index is 0.130. The molecule has 1 aromatic carbocycles. The van der Waals surface area contributed by atoms with Crippen molar-refractivity contribution < 1.29 is 9.13 Å². The summed E-state index contributed by atoms with van der Waals surface area (Å²) in [7, 11) is 0. The number of benzene rings is 1. The number of aromatic nitrogens is 2. The molecule has 1 fully saturated rings. The van der Waals surface area contributed by atoms with E-state index in [4.69, 9.17) is 10.6 Å². The number of para-hydroxylation sites is 1. The van der Waals surface area contributed by atoms with Gasteiger partial charge in [0, 0.05) is 12.0 Å². The fourth-order valence-electron chi connectivity index (χ4n) is 1.73. The number of nitrogens with one attached hydrogen (secondary N) is 1. The zero-order chi connectivity index (χ0) is 13.2. The highest BCUT2D eigenvalue weighted by molar-refractivity contribution is 5.40. The molecule has 1 saturated carbocycles. The summed E-state index contributed by atoms with van der Waals surface area (Å²) in [5.74, 6) is 6.85. The summed E-state index contributed by atoms with van der Waals surface area (Å²) < 4.78 is 19.0. The van der Waals surface area contributed by atoms with Gasteiger partial charge in [0.05, 0.1) is 0 Å². The van der Waals surface area contributed by atoms with Crippen molar-refractivity contribution in [3.63, 3.8) is 0 Å². The lowest BCUT2D eigenvalue weighted by atomic mass is 10.3. The Labute approximate surface area is 109 Å². The second-order valence-electron chi connectivity index (χ2n) is 4.40. The van der Waals surface area contributed by atoms with Crippen LogP contribution in [0.2, 0.25) is 0 Å². The maximum atomic E-state index is 13.5. The molecule has 0 atom stereocenters. The number of rotatable bonds is 4. The first-order valence-electron chi connectivity index (χ1n) is 6.04. The monoisotopic (exact) mass is 260 g/mol. The molecule has 0 saturated heterocycles. The predicted octanol–water partition coefficient (Wildman–Crippen LogP) is 2.57. The van der Waals surface area contributed by atoms with Crippen molar-refractivity contribution in [2.75, 3.05) is 5.43 Å². The van der Waals surface area contributed by atoms with E-state index in [1.165, 1.54) is 6.07 Å². The quantitative estimate of drug-likeness (QED) is 0.653. The number of hydrogen-bond donors (Lipinski definition) is 2. The smallest absolute Gasteiger partial charge is 0.224 e. The molecule has 0 radical (unpaired) electrons. The SMILES string of the molecule is NNc1cc(Oc2ccccc2F)nc(C2CC2)n1. The van der Waals surface area contributed by atoms with E-state index in [1.54, 1.807) is 24.3 Å². The van der Waals surface area contributed by atoms with Crippen LogP contribution in [0.5, 0.6) is 11.6 Å². The van der Waals surface area contributed by atoms with Crippen LogP contribution in [0.1, 0.15) is 24.6 Å². The summed E-state index contributed by atoms with van der Waals surface area (Å²) in [4.78, 5) is 8.54. The largest absolute Gasteiger partial charge is 0.436 e. The molecule has 6 heteroatoms. The van der Waals surface area contributed by atoms with Gasteiger partial charge in [-0.25, -0.2) is 15.2 Å². The fraction of sp³-hybridized carbons (Fsp3) is 0.231. The van der Waals surface area contributed by atoms with Gasteiger partial charge in [0.1, 0.15) is 11.6 Å². The third-order valence-corrected chi connectivity index (χ3v) is 2.86. The third-order valence-electron chi connectivity index (χ3n) is 2.86. The van der Waals surface area contributed by atoms with Crippen molar-refractivity contribution in [3.8, 4) is 11.6 Å². The van der Waals surface area contributed by atoms with Crippen LogP contribution in [0.3, 0.4) is 0 Å². The standard InChI is InChI=1S/C13H13FN4O/c14-9-3-1-2-4-10(9)19-12-7-11(18-15)16-13(17-12)8-5-6-8/h1-4,7-8H,5-6,15H2,(H,16,17,18). The number of hydrogen-bond acceptors (Lipinski definition) is 5. The van der Waals surface area contributed by atoms with Gasteiger partial charge in [-0.1, -0.05) is 12.1 Å². The lowest BCUT2D eigenvalue weighted by molar-refractivity contribution is 0.425. The van der Waals surface area contributed by atoms with Gasteiger partial charge < -0.3 is 10.2 Å². The van der Waals surface area contributed by atoms with E-state index in [-0.39, 0.29) is 11.6 Å². The average molecular weight is 260 g/mol. The summed E-state index contributed by atoms with van der Waals surface area (Å²) in [6, 6.07) is 7.72. The van der Waals surface area contributed by atoms with E-state index in [0.29, 0.717) is 17.6 Å². The van der Waals surface area contributed by atoms with Crippen LogP contribution in [0.4, 0.5) is 10.2 Å². The molecule has 3 rings (SSSR count). The first-order chi connectivity index (χ1) is 9.26. The highest BCUT2D eigenvalue weighted by atomic mass is 19.1. The van der Waals surface area contributed by atoms with Crippen LogP contribution >= 0.6 is 0 Å². The highest BCUT2D eigenvalue weighted by Crippen LogP contribution is 2.39. The second-order valence-corrected chi connectivity index (χ2v) is 4.40. The van der Waals surface area contributed by atoms with Crippen molar-refractivity contribution in [2.45, 2.75) is 18.8 Å². The van der Waals surface area contributed by atoms with Gasteiger partial charge in [-0.05, 0) is 25.0 Å². The van der Waals surface area contributed by atoms with Crippen LogP contribution in [-0.4, -0.2) is 9.97 Å². The Kier molecular flexibility index (Phi) is 3.00. The first kappa shape index (κ1) is 11.9. The predicted molar refractivity (Wildman–Crippen MR) is 68.3 cm³/mol. The lowest BCUT2D eigenvalue weighted by Crippen LogP contribution is -2.10. The molecule has 0 bridgehead atoms. The van der Waals surface area contributed by atoms with Gasteiger partial charge in [-0.15, -0.1) is 0 Å². The number of nitrogens with two attached hydrogens (primary N) is 1. The normalized spacial score (nSPS) is 14.2. The summed E-state index contributed by atoms with van der Waals surface area (Å²) in [6.45, 7) is 0. The maximum Gasteiger partial charge on any atom is 0.224 e. The summed E-state index contributed by atoms with van der Waals surface area (Å²) in [6.07, 6.45) is 2.13. The van der Waals surface area contributed by atoms with E-state index in [2.05, 4.69) is 15.4 Å². The topological polar surface area (TPSA) is 73.1 Å². The zero-order valence-electron chi connectivity index (χ0n) is 10.1. The first-order valence-corrected chi connectivity index (χ1v) is 6.04. The van der Waals surface area contributed by atoms with Crippen LogP contribution < -0.4 is 16.0 Å². The van der Waals surface area contributed by atoms with Crippen molar-refractivity contribution in [1.82, 2.24) is 9.97 Å². The average Bonchev–Trinajstić information content (AvgIpc) is 3.25. The highest BCUT2D eigenvalue weighted by Gasteiger charge is 2.27. The minimum Gasteiger partial charge on any atom is -0.436 e. The molecule has 5 nitrogen and oxygen atoms in total. The van der Waals surface area contributed by atoms with Crippen molar-refractivity contribution in [3.05, 3.63) is 42.0 Å². The van der Waals surface area contributed by atoms with E-state index in [1.807, 2.05) is 0 Å². The van der Waals surface area contributed by atoms with Crippen LogP contribution in [0, 0.1) is 5.82 Å². The molecule has 98 valence electrons. The molecule has 0 spiro atoms. The molecular weight excluding hydrogens is 247 g/mol. The van der Waals surface area contributed by atoms with Gasteiger partial charge in [0.2, 0.25) is 5.88 Å². The number of nitrogens with zero attached hydrogens (tertiary/aromatic N) is 2. The van der Waals surface area contributed by atoms with E-state index in [9.17, 15) is 4.39 Å². The number of ether oxygens (including phenoxy) is 1. The Morgan fingerprint density at radius 2 is 2.05 bits per heavy atom. The van der Waals surface area contributed by atoms with Crippen LogP contribution in [0.25, 0.3) is 0 Å². The van der Waals surface area contributed by atoms with E-state index < -0.39 is 5.82 Å². The van der Waals surface area contributed by atoms with Gasteiger partial charge in [0.25, 0.3) is 0 Å². The van der Waals surface area contributed by atoms with Crippen LogP contribution in [-0.2, 0) is 0 Å². The Morgan fingerprint density at radius 3 is 2.74 bits per heavy atom. The van der Waals surface area contributed by atoms with Crippen molar-refractivity contribution in [2.24, 2.45) is 5.84 Å². The fourth-order valence-corrected chi connectivity index (χ4v) is 1.73. The molecular formula is C13H13FN4O. The Hall–Kier alpha value is -2.21. The Morgan fingerprint density at radius 1 is 1.26 bits per heavy atom. The lowest BCUT2D eigenvalue weighted by Gasteiger charge is -2.09. The van der Waals surface area contributed by atoms with Gasteiger partial charge in [-0.3, -0.25) is 0 Å². The molecule has 1 aliphatic carbocycles. The summed E-state index contributed by atoms with van der Waals surface area (Å²) in [5.41, 5.74) is 2.47. The molecule has 0 unspecified atom stereocenters. The number of hydrazine groups is 1. The van der Waals surface area contributed by atoms with Crippen LogP contribution in [0.15, 0.2) is 30.3 Å². The molecule has 2 aromatic rings. The number of nitrogen functional groups attached to an aromatic ring is 1. The molecule has 1 aliphatic rings. The van der Waals surface area contributed by atoms with Crippen molar-refractivity contribution >= 4 is 5.82 Å². The minimum atomic E-state index is -0.434. The van der Waals surface area contributed by atoms with Gasteiger partial charge in [-0.2, -0.15) is 4.98 Å². The summed E-state index contributed by atoms with van der Waals surface area (Å²) in [5, 5.41) is 0. The number of anilines is 1. The van der Waals surface area contributed by atoms with Gasteiger partial charge >= 0.3 is 0 Å². The zero-order valence-corrected chi connectivity index (χ0v) is 10.1. The second kappa shape index (κ2) is 4.81.